The maximum atomic E-state index is 13.9. The first kappa shape index (κ1) is 44.4. The van der Waals surface area contributed by atoms with E-state index in [1.54, 1.807) is 0 Å². The van der Waals surface area contributed by atoms with Crippen LogP contribution in [0.4, 0.5) is 11.4 Å². The number of carboxylic acid groups (broad SMARTS) is 2. The normalized spacial score (nSPS) is 11.2. The van der Waals surface area contributed by atoms with Gasteiger partial charge in [-0.3, -0.25) is 9.59 Å². The Hall–Kier alpha value is -8.20. The van der Waals surface area contributed by atoms with E-state index in [-0.39, 0.29) is 45.2 Å². The number of nitrogens with zero attached hydrogens (tertiary/aromatic N) is 2. The van der Waals surface area contributed by atoms with Crippen molar-refractivity contribution in [3.05, 3.63) is 178 Å². The molecular formula is C52H46N4O10. The third kappa shape index (κ3) is 8.95. The number of nitrogens with two attached hydrogens (primary N) is 2. The smallest absolute Gasteiger partial charge is 0.337 e. The molecular weight excluding hydrogens is 841 g/mol. The Labute approximate surface area is 379 Å². The predicted octanol–water partition coefficient (Wildman–Crippen LogP) is 8.66. The van der Waals surface area contributed by atoms with Crippen LogP contribution < -0.4 is 20.9 Å². The van der Waals surface area contributed by atoms with Crippen molar-refractivity contribution in [1.29, 1.82) is 0 Å². The minimum absolute atomic E-state index is 0.0829. The van der Waals surface area contributed by atoms with E-state index in [0.29, 0.717) is 62.5 Å². The number of anilines is 2. The summed E-state index contributed by atoms with van der Waals surface area (Å²) in [6.07, 6.45) is 3.62. The molecule has 0 atom stereocenters. The van der Waals surface area contributed by atoms with Crippen LogP contribution >= 0.6 is 0 Å². The van der Waals surface area contributed by atoms with Crippen LogP contribution in [0.3, 0.4) is 0 Å². The van der Waals surface area contributed by atoms with Crippen molar-refractivity contribution >= 4 is 45.9 Å². The number of nitrogen functional groups attached to an aromatic ring is 2. The fourth-order valence-corrected chi connectivity index (χ4v) is 8.23. The monoisotopic (exact) mass is 886 g/mol. The molecule has 8 rings (SSSR count). The lowest BCUT2D eigenvalue weighted by molar-refractivity contribution is 0.0274. The molecule has 66 heavy (non-hydrogen) atoms. The lowest BCUT2D eigenvalue weighted by atomic mass is 9.98. The molecule has 0 aliphatic heterocycles. The van der Waals surface area contributed by atoms with Gasteiger partial charge in [0.05, 0.1) is 60.0 Å². The molecule has 334 valence electrons. The fourth-order valence-electron chi connectivity index (χ4n) is 8.23. The van der Waals surface area contributed by atoms with Crippen LogP contribution in [0.2, 0.25) is 0 Å². The molecule has 0 radical (unpaired) electrons. The molecule has 0 unspecified atom stereocenters. The lowest BCUT2D eigenvalue weighted by Crippen LogP contribution is -2.13. The number of rotatable bonds is 19. The number of fused-ring (bicyclic) bond motifs is 2. The molecule has 0 fully saturated rings. The highest BCUT2D eigenvalue weighted by Crippen LogP contribution is 2.37. The molecule has 4 aromatic heterocycles. The van der Waals surface area contributed by atoms with E-state index in [1.165, 1.54) is 36.4 Å². The number of carbonyl (C=O) groups is 4. The molecule has 0 aliphatic rings. The van der Waals surface area contributed by atoms with Gasteiger partial charge in [-0.05, 0) is 121 Å². The summed E-state index contributed by atoms with van der Waals surface area (Å²) in [6.45, 7) is 5.70. The Balaban J connectivity index is 0.825. The topological polar surface area (TPSA) is 207 Å². The minimum Gasteiger partial charge on any atom is -0.491 e. The summed E-state index contributed by atoms with van der Waals surface area (Å²) in [5.41, 5.74) is 19.4. The summed E-state index contributed by atoms with van der Waals surface area (Å²) in [6, 6.07) is 35.1. The number of pyridine rings is 2. The predicted molar refractivity (Wildman–Crippen MR) is 250 cm³/mol. The first-order valence-electron chi connectivity index (χ1n) is 21.1. The molecule has 0 aliphatic carbocycles. The maximum absolute atomic E-state index is 13.9. The standard InChI is InChI=1S/C52H46N4O10/c1-31-45(43-13-3-5-19-55(43)47(31)49(57)35-15-17-41(53)39(29-35)51(59)60)33-9-7-11-37(27-33)65-25-23-63-21-22-64-24-26-66-38-12-8-10-34(28-38)46-32(2)48(56-20-6-4-14-44(46)56)50(58)36-16-18-42(54)40(30-36)52(61)62/h3-20,27-30H,21-26,53-54H2,1-2H3,(H,59,60)(H,61,62). The highest BCUT2D eigenvalue weighted by Gasteiger charge is 2.26. The number of carboxylic acids is 2. The van der Waals surface area contributed by atoms with Crippen LogP contribution in [0, 0.1) is 13.8 Å². The van der Waals surface area contributed by atoms with Crippen LogP contribution in [0.25, 0.3) is 33.3 Å². The van der Waals surface area contributed by atoms with Crippen molar-refractivity contribution in [3.8, 4) is 33.8 Å². The summed E-state index contributed by atoms with van der Waals surface area (Å²) >= 11 is 0. The Morgan fingerprint density at radius 1 is 0.500 bits per heavy atom. The number of hydrogen-bond acceptors (Lipinski definition) is 10. The van der Waals surface area contributed by atoms with Crippen molar-refractivity contribution in [2.24, 2.45) is 0 Å². The Morgan fingerprint density at radius 2 is 0.909 bits per heavy atom. The molecule has 4 aromatic carbocycles. The zero-order chi connectivity index (χ0) is 46.5. The maximum Gasteiger partial charge on any atom is 0.337 e. The van der Waals surface area contributed by atoms with Gasteiger partial charge >= 0.3 is 11.9 Å². The number of aromatic carboxylic acids is 2. The van der Waals surface area contributed by atoms with Gasteiger partial charge in [0.25, 0.3) is 0 Å². The number of benzene rings is 4. The number of ketones is 2. The molecule has 0 bridgehead atoms. The molecule has 4 heterocycles. The van der Waals surface area contributed by atoms with E-state index in [4.69, 9.17) is 30.4 Å². The molecule has 0 saturated heterocycles. The summed E-state index contributed by atoms with van der Waals surface area (Å²) in [5, 5.41) is 19.2. The first-order valence-corrected chi connectivity index (χ1v) is 21.1. The Morgan fingerprint density at radius 3 is 1.32 bits per heavy atom. The quantitative estimate of drug-likeness (QED) is 0.0342. The number of hydrogen-bond donors (Lipinski definition) is 4. The summed E-state index contributed by atoms with van der Waals surface area (Å²) < 4.78 is 27.2. The van der Waals surface area contributed by atoms with Crippen molar-refractivity contribution in [3.63, 3.8) is 0 Å². The van der Waals surface area contributed by atoms with E-state index in [9.17, 15) is 29.4 Å². The second-order valence-electron chi connectivity index (χ2n) is 15.5. The zero-order valence-electron chi connectivity index (χ0n) is 36.2. The fraction of sp³-hybridized carbons (Fsp3) is 0.154. The number of aromatic nitrogens is 2. The van der Waals surface area contributed by atoms with E-state index in [0.717, 1.165) is 44.4 Å². The van der Waals surface area contributed by atoms with Gasteiger partial charge in [0.1, 0.15) is 24.7 Å². The molecule has 0 saturated carbocycles. The van der Waals surface area contributed by atoms with Crippen LogP contribution in [-0.4, -0.2) is 82.2 Å². The average molecular weight is 887 g/mol. The molecule has 14 heteroatoms. The highest BCUT2D eigenvalue weighted by molar-refractivity contribution is 6.14. The largest absolute Gasteiger partial charge is 0.491 e. The van der Waals surface area contributed by atoms with Crippen LogP contribution in [0.15, 0.2) is 134 Å². The Kier molecular flexibility index (Phi) is 13.0. The van der Waals surface area contributed by atoms with Gasteiger partial charge in [0, 0.05) is 46.0 Å². The molecule has 0 amide bonds. The van der Waals surface area contributed by atoms with Gasteiger partial charge in [-0.2, -0.15) is 0 Å². The van der Waals surface area contributed by atoms with Crippen molar-refractivity contribution in [1.82, 2.24) is 8.80 Å². The second kappa shape index (κ2) is 19.3. The minimum atomic E-state index is -1.21. The van der Waals surface area contributed by atoms with E-state index < -0.39 is 11.9 Å². The number of ether oxygens (including phenoxy) is 4. The van der Waals surface area contributed by atoms with E-state index in [1.807, 2.05) is 120 Å². The van der Waals surface area contributed by atoms with Gasteiger partial charge in [-0.25, -0.2) is 9.59 Å². The van der Waals surface area contributed by atoms with Crippen LogP contribution in [0.1, 0.15) is 63.9 Å². The Bertz CT molecular complexity index is 2960. The van der Waals surface area contributed by atoms with Gasteiger partial charge in [0.15, 0.2) is 0 Å². The van der Waals surface area contributed by atoms with Crippen LogP contribution in [-0.2, 0) is 9.47 Å². The summed E-state index contributed by atoms with van der Waals surface area (Å²) in [7, 11) is 0. The summed E-state index contributed by atoms with van der Waals surface area (Å²) in [5.74, 6) is -1.80. The van der Waals surface area contributed by atoms with Gasteiger partial charge in [0.2, 0.25) is 11.6 Å². The summed E-state index contributed by atoms with van der Waals surface area (Å²) in [4.78, 5) is 51.2. The molecule has 14 nitrogen and oxygen atoms in total. The SMILES string of the molecule is Cc1c(-c2cccc(OCCOCCOCCOc3cccc(-c4c(C)c(C(=O)c5ccc(N)c(C(=O)O)c5)n5ccccc45)c3)c2)c2ccccn2c1C(=O)c1ccc(N)c(C(=O)O)c1. The third-order valence-corrected chi connectivity index (χ3v) is 11.3. The van der Waals surface area contributed by atoms with Crippen molar-refractivity contribution in [2.45, 2.75) is 13.8 Å². The van der Waals surface area contributed by atoms with Crippen molar-refractivity contribution < 1.29 is 48.3 Å². The number of carbonyl (C=O) groups excluding carboxylic acids is 2. The first-order chi connectivity index (χ1) is 31.9. The third-order valence-electron chi connectivity index (χ3n) is 11.3. The highest BCUT2D eigenvalue weighted by atomic mass is 16.6. The van der Waals surface area contributed by atoms with Gasteiger partial charge in [-0.1, -0.05) is 36.4 Å². The average Bonchev–Trinajstić information content (AvgIpc) is 3.78. The molecule has 0 spiro atoms. The second-order valence-corrected chi connectivity index (χ2v) is 15.5. The lowest BCUT2D eigenvalue weighted by Gasteiger charge is -2.11. The zero-order valence-corrected chi connectivity index (χ0v) is 36.2. The van der Waals surface area contributed by atoms with Crippen LogP contribution in [0.5, 0.6) is 11.5 Å². The van der Waals surface area contributed by atoms with Gasteiger partial charge < -0.3 is 49.4 Å². The van der Waals surface area contributed by atoms with E-state index >= 15 is 0 Å². The van der Waals surface area contributed by atoms with Gasteiger partial charge in [-0.15, -0.1) is 0 Å². The molecule has 8 aromatic rings. The van der Waals surface area contributed by atoms with Crippen molar-refractivity contribution in [2.75, 3.05) is 51.1 Å². The van der Waals surface area contributed by atoms with E-state index in [2.05, 4.69) is 0 Å². The molecule has 6 N–H and O–H groups in total.